The van der Waals surface area contributed by atoms with Gasteiger partial charge in [0.2, 0.25) is 0 Å². The Morgan fingerprint density at radius 1 is 1.80 bits per heavy atom. The van der Waals surface area contributed by atoms with E-state index in [2.05, 4.69) is 0 Å². The smallest absolute Gasteiger partial charge is 1.00 e. The molecule has 0 saturated carbocycles. The van der Waals surface area contributed by atoms with Gasteiger partial charge < -0.3 is 1.43 Å². The Morgan fingerprint density at radius 2 is 2.00 bits per heavy atom. The number of rotatable bonds is 1. The zero-order valence-electron chi connectivity index (χ0n) is 4.79. The fourth-order valence-corrected chi connectivity index (χ4v) is 0. The topological polar surface area (TPSA) is 0 Å². The molecule has 2 heteroatoms. The molecule has 0 bridgehead atoms. The van der Waals surface area contributed by atoms with Crippen molar-refractivity contribution in [2.45, 2.75) is 13.3 Å². The van der Waals surface area contributed by atoms with Crippen LogP contribution in [-0.4, -0.2) is 5.88 Å². The minimum Gasteiger partial charge on any atom is -1.00 e. The Bertz CT molecular complexity index is 12.8. The van der Waals surface area contributed by atoms with Crippen LogP contribution in [0.2, 0.25) is 0 Å². The van der Waals surface area contributed by atoms with E-state index < -0.39 is 0 Å². The predicted octanol–water partition coefficient (Wildman–Crippen LogP) is -1.25. The first-order valence-electron chi connectivity index (χ1n) is 1.47. The van der Waals surface area contributed by atoms with Crippen LogP contribution in [0.5, 0.6) is 0 Å². The van der Waals surface area contributed by atoms with Gasteiger partial charge in [0.15, 0.2) is 0 Å². The third-order valence-corrected chi connectivity index (χ3v) is 0.567. The minimum absolute atomic E-state index is 0. The molecule has 28 valence electrons. The van der Waals surface area contributed by atoms with Gasteiger partial charge >= 0.3 is 29.6 Å². The third-order valence-electron chi connectivity index (χ3n) is 0.189. The van der Waals surface area contributed by atoms with Crippen LogP contribution in [0.1, 0.15) is 14.8 Å². The van der Waals surface area contributed by atoms with E-state index in [1.54, 1.807) is 0 Å². The standard InChI is InChI=1S/C3H7Cl.Na.H/c1-2-3-4;;/h2-3H2,1H3;;/q;+1;-1. The Labute approximate surface area is 61.7 Å². The second-order valence-corrected chi connectivity index (χ2v) is 1.07. The van der Waals surface area contributed by atoms with Crippen molar-refractivity contribution in [1.82, 2.24) is 0 Å². The summed E-state index contributed by atoms with van der Waals surface area (Å²) >= 11 is 5.19. The predicted molar refractivity (Wildman–Crippen MR) is 22.1 cm³/mol. The van der Waals surface area contributed by atoms with Crippen LogP contribution in [0.3, 0.4) is 0 Å². The molecular formula is C3H8ClNa. The number of halogens is 1. The summed E-state index contributed by atoms with van der Waals surface area (Å²) in [6.45, 7) is 2.05. The van der Waals surface area contributed by atoms with Crippen LogP contribution in [0.4, 0.5) is 0 Å². The van der Waals surface area contributed by atoms with Crippen molar-refractivity contribution < 1.29 is 31.0 Å². The SMILES string of the molecule is CCCCl.[H-].[Na+]. The molecule has 0 aliphatic heterocycles. The first kappa shape index (κ1) is 9.56. The van der Waals surface area contributed by atoms with Crippen molar-refractivity contribution in [2.24, 2.45) is 0 Å². The molecular weight excluding hydrogens is 94.5 g/mol. The average Bonchev–Trinajstić information content (AvgIpc) is 1.37. The van der Waals surface area contributed by atoms with Gasteiger partial charge in [-0.05, 0) is 6.42 Å². The van der Waals surface area contributed by atoms with Crippen molar-refractivity contribution >= 4 is 11.6 Å². The van der Waals surface area contributed by atoms with E-state index in [1.807, 2.05) is 6.92 Å². The van der Waals surface area contributed by atoms with Gasteiger partial charge in [-0.15, -0.1) is 11.6 Å². The molecule has 5 heavy (non-hydrogen) atoms. The van der Waals surface area contributed by atoms with E-state index in [1.165, 1.54) is 0 Å². The van der Waals surface area contributed by atoms with Crippen molar-refractivity contribution in [3.05, 3.63) is 0 Å². The van der Waals surface area contributed by atoms with E-state index in [0.717, 1.165) is 12.3 Å². The Hall–Kier alpha value is 1.29. The zero-order valence-corrected chi connectivity index (χ0v) is 6.55. The summed E-state index contributed by atoms with van der Waals surface area (Å²) in [5, 5.41) is 0. The number of hydrogen-bond acceptors (Lipinski definition) is 0. The summed E-state index contributed by atoms with van der Waals surface area (Å²) in [6.07, 6.45) is 1.08. The Balaban J connectivity index is -0.0000000450. The molecule has 0 heterocycles. The van der Waals surface area contributed by atoms with E-state index in [9.17, 15) is 0 Å². The molecule has 0 saturated heterocycles. The molecule has 0 aromatic carbocycles. The molecule has 0 fully saturated rings. The van der Waals surface area contributed by atoms with Gasteiger partial charge in [0.25, 0.3) is 0 Å². The summed E-state index contributed by atoms with van der Waals surface area (Å²) in [6, 6.07) is 0. The minimum atomic E-state index is 0. The van der Waals surface area contributed by atoms with Gasteiger partial charge in [-0.3, -0.25) is 0 Å². The summed E-state index contributed by atoms with van der Waals surface area (Å²) in [7, 11) is 0. The van der Waals surface area contributed by atoms with E-state index in [4.69, 9.17) is 11.6 Å². The molecule has 0 aliphatic rings. The van der Waals surface area contributed by atoms with Crippen LogP contribution in [0.15, 0.2) is 0 Å². The van der Waals surface area contributed by atoms with Crippen LogP contribution >= 0.6 is 11.6 Å². The summed E-state index contributed by atoms with van der Waals surface area (Å²) < 4.78 is 0. The van der Waals surface area contributed by atoms with Crippen molar-refractivity contribution in [1.29, 1.82) is 0 Å². The van der Waals surface area contributed by atoms with E-state index in [-0.39, 0.29) is 31.0 Å². The van der Waals surface area contributed by atoms with Crippen LogP contribution in [0, 0.1) is 0 Å². The van der Waals surface area contributed by atoms with Crippen LogP contribution in [0.25, 0.3) is 0 Å². The summed E-state index contributed by atoms with van der Waals surface area (Å²) in [4.78, 5) is 0. The van der Waals surface area contributed by atoms with Gasteiger partial charge in [0.05, 0.1) is 0 Å². The molecule has 0 nitrogen and oxygen atoms in total. The second kappa shape index (κ2) is 8.99. The molecule has 0 radical (unpaired) electrons. The summed E-state index contributed by atoms with van der Waals surface area (Å²) in [5.41, 5.74) is 0. The molecule has 0 atom stereocenters. The maximum absolute atomic E-state index is 5.19. The van der Waals surface area contributed by atoms with Gasteiger partial charge in [-0.2, -0.15) is 0 Å². The van der Waals surface area contributed by atoms with Crippen molar-refractivity contribution in [3.63, 3.8) is 0 Å². The van der Waals surface area contributed by atoms with Crippen molar-refractivity contribution in [2.75, 3.05) is 5.88 Å². The van der Waals surface area contributed by atoms with Crippen LogP contribution < -0.4 is 29.6 Å². The largest absolute Gasteiger partial charge is 1.00 e. The average molecular weight is 103 g/mol. The molecule has 0 unspecified atom stereocenters. The van der Waals surface area contributed by atoms with Crippen molar-refractivity contribution in [3.8, 4) is 0 Å². The fraction of sp³-hybridized carbons (Fsp3) is 1.00. The normalized spacial score (nSPS) is 6.00. The first-order chi connectivity index (χ1) is 1.91. The Morgan fingerprint density at radius 3 is 2.00 bits per heavy atom. The van der Waals surface area contributed by atoms with Gasteiger partial charge in [-0.1, -0.05) is 6.92 Å². The maximum Gasteiger partial charge on any atom is 1.00 e. The Kier molecular flexibility index (Phi) is 17.2. The molecule has 0 spiro atoms. The van der Waals surface area contributed by atoms with E-state index >= 15 is 0 Å². The van der Waals surface area contributed by atoms with Gasteiger partial charge in [-0.25, -0.2) is 0 Å². The molecule has 0 rings (SSSR count). The van der Waals surface area contributed by atoms with E-state index in [0.29, 0.717) is 0 Å². The quantitative estimate of drug-likeness (QED) is 0.287. The molecule has 0 amide bonds. The molecule has 0 aromatic rings. The van der Waals surface area contributed by atoms with Gasteiger partial charge in [0.1, 0.15) is 0 Å². The fourth-order valence-electron chi connectivity index (χ4n) is 0. The molecule has 0 N–H and O–H groups in total. The monoisotopic (exact) mass is 102 g/mol. The zero-order chi connectivity index (χ0) is 3.41. The summed E-state index contributed by atoms with van der Waals surface area (Å²) in [5.74, 6) is 0.792. The first-order valence-corrected chi connectivity index (χ1v) is 2.01. The second-order valence-electron chi connectivity index (χ2n) is 0.689. The van der Waals surface area contributed by atoms with Gasteiger partial charge in [0, 0.05) is 5.88 Å². The molecule has 0 aromatic heterocycles. The maximum atomic E-state index is 5.19. The molecule has 0 aliphatic carbocycles. The number of alkyl halides is 1. The number of hydrogen-bond donors (Lipinski definition) is 0. The third kappa shape index (κ3) is 10.9. The van der Waals surface area contributed by atoms with Crippen LogP contribution in [-0.2, 0) is 0 Å².